The van der Waals surface area contributed by atoms with E-state index >= 15 is 0 Å². The van der Waals surface area contributed by atoms with Crippen LogP contribution in [0, 0.1) is 13.8 Å². The maximum absolute atomic E-state index is 13.8. The summed E-state index contributed by atoms with van der Waals surface area (Å²) in [4.78, 5) is 28.7. The number of nitrogens with one attached hydrogen (secondary N) is 1. The van der Waals surface area contributed by atoms with Crippen LogP contribution >= 0.6 is 11.3 Å². The molecule has 2 heterocycles. The van der Waals surface area contributed by atoms with Crippen molar-refractivity contribution in [3.05, 3.63) is 97.5 Å². The van der Waals surface area contributed by atoms with Gasteiger partial charge in [0.1, 0.15) is 0 Å². The molecule has 0 aliphatic heterocycles. The van der Waals surface area contributed by atoms with Crippen LogP contribution in [0.2, 0.25) is 0 Å². The largest absolute Gasteiger partial charge is 0.465 e. The minimum atomic E-state index is -4.16. The standard InChI is InChI=1S/C25H24N2O5S2/c1-16-11-17(2)21-13-18(24(28)26-22(21)12-16)14-27(15-19-7-6-10-33-19)34(30,31)23-9-5-4-8-20(23)25(29)32-3/h4-13H,14-15H2,1-3H3,(H,26,28). The van der Waals surface area contributed by atoms with Crippen LogP contribution in [0.4, 0.5) is 0 Å². The molecule has 7 nitrogen and oxygen atoms in total. The Morgan fingerprint density at radius 2 is 1.82 bits per heavy atom. The number of hydrogen-bond acceptors (Lipinski definition) is 6. The Morgan fingerprint density at radius 3 is 2.53 bits per heavy atom. The lowest BCUT2D eigenvalue weighted by atomic mass is 10.0. The molecule has 176 valence electrons. The molecule has 0 aliphatic carbocycles. The Labute approximate surface area is 201 Å². The predicted molar refractivity (Wildman–Crippen MR) is 133 cm³/mol. The molecule has 0 unspecified atom stereocenters. The van der Waals surface area contributed by atoms with Crippen LogP contribution in [0.25, 0.3) is 10.9 Å². The summed E-state index contributed by atoms with van der Waals surface area (Å²) in [6.45, 7) is 3.80. The summed E-state index contributed by atoms with van der Waals surface area (Å²) in [5, 5.41) is 2.71. The lowest BCUT2D eigenvalue weighted by molar-refractivity contribution is 0.0596. The molecule has 0 radical (unpaired) electrons. The van der Waals surface area contributed by atoms with Crippen LogP contribution in [0.1, 0.15) is 31.9 Å². The number of benzene rings is 2. The van der Waals surface area contributed by atoms with Crippen LogP contribution in [0.3, 0.4) is 0 Å². The third kappa shape index (κ3) is 4.68. The fourth-order valence-corrected chi connectivity index (χ4v) is 6.31. The molecule has 0 saturated carbocycles. The Kier molecular flexibility index (Phi) is 6.70. The fourth-order valence-electron chi connectivity index (χ4n) is 3.94. The number of rotatable bonds is 7. The summed E-state index contributed by atoms with van der Waals surface area (Å²) in [7, 11) is -2.96. The molecule has 0 aliphatic rings. The molecule has 4 rings (SSSR count). The van der Waals surface area contributed by atoms with Crippen molar-refractivity contribution in [1.29, 1.82) is 0 Å². The first-order valence-electron chi connectivity index (χ1n) is 10.5. The van der Waals surface area contributed by atoms with E-state index in [9.17, 15) is 18.0 Å². The zero-order chi connectivity index (χ0) is 24.5. The SMILES string of the molecule is COC(=O)c1ccccc1S(=O)(=O)N(Cc1cccs1)Cc1cc2c(C)cc(C)cc2[nH]c1=O. The molecule has 1 N–H and O–H groups in total. The number of carbonyl (C=O) groups is 1. The zero-order valence-corrected chi connectivity index (χ0v) is 20.6. The van der Waals surface area contributed by atoms with Crippen LogP contribution in [-0.4, -0.2) is 30.8 Å². The number of H-pyrrole nitrogens is 1. The number of fused-ring (bicyclic) bond motifs is 1. The summed E-state index contributed by atoms with van der Waals surface area (Å²) in [6.07, 6.45) is 0. The average molecular weight is 497 g/mol. The highest BCUT2D eigenvalue weighted by Crippen LogP contribution is 2.26. The topological polar surface area (TPSA) is 96.5 Å². The molecule has 0 spiro atoms. The minimum absolute atomic E-state index is 0.0554. The van der Waals surface area contributed by atoms with Crippen molar-refractivity contribution in [2.75, 3.05) is 7.11 Å². The molecule has 0 amide bonds. The number of pyridine rings is 1. The number of ether oxygens (including phenoxy) is 1. The molecule has 4 aromatic rings. The maximum Gasteiger partial charge on any atom is 0.339 e. The molecule has 34 heavy (non-hydrogen) atoms. The van der Waals surface area contributed by atoms with E-state index in [-0.39, 0.29) is 29.1 Å². The average Bonchev–Trinajstić information content (AvgIpc) is 3.32. The van der Waals surface area contributed by atoms with E-state index in [4.69, 9.17) is 4.74 Å². The van der Waals surface area contributed by atoms with Crippen molar-refractivity contribution >= 4 is 38.2 Å². The van der Waals surface area contributed by atoms with Gasteiger partial charge in [-0.15, -0.1) is 11.3 Å². The van der Waals surface area contributed by atoms with Crippen molar-refractivity contribution in [2.45, 2.75) is 31.8 Å². The van der Waals surface area contributed by atoms with Gasteiger partial charge in [-0.1, -0.05) is 24.3 Å². The number of esters is 1. The van der Waals surface area contributed by atoms with Crippen molar-refractivity contribution in [3.63, 3.8) is 0 Å². The molecule has 0 bridgehead atoms. The van der Waals surface area contributed by atoms with Gasteiger partial charge >= 0.3 is 5.97 Å². The number of aromatic amines is 1. The second kappa shape index (κ2) is 9.54. The highest BCUT2D eigenvalue weighted by Gasteiger charge is 2.30. The maximum atomic E-state index is 13.8. The highest BCUT2D eigenvalue weighted by atomic mass is 32.2. The molecule has 9 heteroatoms. The third-order valence-corrected chi connectivity index (χ3v) is 8.27. The van der Waals surface area contributed by atoms with E-state index in [2.05, 4.69) is 4.98 Å². The molecule has 0 fully saturated rings. The second-order valence-electron chi connectivity index (χ2n) is 8.01. The number of aromatic nitrogens is 1. The minimum Gasteiger partial charge on any atom is -0.465 e. The van der Waals surface area contributed by atoms with Gasteiger partial charge in [-0.05, 0) is 60.7 Å². The van der Waals surface area contributed by atoms with E-state index in [1.165, 1.54) is 34.9 Å². The van der Waals surface area contributed by atoms with E-state index in [0.29, 0.717) is 11.1 Å². The van der Waals surface area contributed by atoms with Gasteiger partial charge in [0.25, 0.3) is 5.56 Å². The van der Waals surface area contributed by atoms with E-state index < -0.39 is 16.0 Å². The quantitative estimate of drug-likeness (QED) is 0.383. The van der Waals surface area contributed by atoms with Crippen LogP contribution in [0.5, 0.6) is 0 Å². The second-order valence-corrected chi connectivity index (χ2v) is 10.9. The zero-order valence-electron chi connectivity index (χ0n) is 19.0. The molecule has 0 saturated heterocycles. The van der Waals surface area contributed by atoms with Gasteiger partial charge in [0.15, 0.2) is 0 Å². The number of hydrogen-bond donors (Lipinski definition) is 1. The van der Waals surface area contributed by atoms with Gasteiger partial charge < -0.3 is 9.72 Å². The van der Waals surface area contributed by atoms with Crippen molar-refractivity contribution in [2.24, 2.45) is 0 Å². The Balaban J connectivity index is 1.83. The molecular weight excluding hydrogens is 472 g/mol. The van der Waals surface area contributed by atoms with Crippen molar-refractivity contribution in [1.82, 2.24) is 9.29 Å². The number of thiophene rings is 1. The molecule has 2 aromatic carbocycles. The normalized spacial score (nSPS) is 11.8. The number of nitrogens with zero attached hydrogens (tertiary/aromatic N) is 1. The summed E-state index contributed by atoms with van der Waals surface area (Å²) < 4.78 is 33.6. The summed E-state index contributed by atoms with van der Waals surface area (Å²) in [6, 6.07) is 15.2. The predicted octanol–water partition coefficient (Wildman–Crippen LogP) is 4.38. The first-order chi connectivity index (χ1) is 16.2. The van der Waals surface area contributed by atoms with E-state index in [0.717, 1.165) is 21.4 Å². The van der Waals surface area contributed by atoms with Crippen LogP contribution in [0.15, 0.2) is 69.7 Å². The van der Waals surface area contributed by atoms with Gasteiger partial charge in [0, 0.05) is 34.4 Å². The lowest BCUT2D eigenvalue weighted by Gasteiger charge is -2.23. The fraction of sp³-hybridized carbons (Fsp3) is 0.200. The van der Waals surface area contributed by atoms with E-state index in [1.807, 2.05) is 43.5 Å². The first kappa shape index (κ1) is 23.9. The lowest BCUT2D eigenvalue weighted by Crippen LogP contribution is -2.33. The van der Waals surface area contributed by atoms with Gasteiger partial charge in [-0.3, -0.25) is 4.79 Å². The Bertz CT molecular complexity index is 1520. The van der Waals surface area contributed by atoms with Gasteiger partial charge in [-0.25, -0.2) is 13.2 Å². The molecule has 2 aromatic heterocycles. The summed E-state index contributed by atoms with van der Waals surface area (Å²) >= 11 is 1.42. The summed E-state index contributed by atoms with van der Waals surface area (Å²) in [5.74, 6) is -0.746. The van der Waals surface area contributed by atoms with Gasteiger partial charge in [-0.2, -0.15) is 4.31 Å². The Hall–Kier alpha value is -3.27. The smallest absolute Gasteiger partial charge is 0.339 e. The number of carbonyl (C=O) groups excluding carboxylic acids is 1. The van der Waals surface area contributed by atoms with Crippen molar-refractivity contribution < 1.29 is 17.9 Å². The van der Waals surface area contributed by atoms with Gasteiger partial charge in [0.05, 0.1) is 17.6 Å². The van der Waals surface area contributed by atoms with Crippen molar-refractivity contribution in [3.8, 4) is 0 Å². The van der Waals surface area contributed by atoms with Crippen LogP contribution < -0.4 is 5.56 Å². The highest BCUT2D eigenvalue weighted by molar-refractivity contribution is 7.89. The summed E-state index contributed by atoms with van der Waals surface area (Å²) in [5.41, 5.74) is 2.61. The van der Waals surface area contributed by atoms with E-state index in [1.54, 1.807) is 18.2 Å². The number of aryl methyl sites for hydroxylation is 2. The molecular formula is C25H24N2O5S2. The first-order valence-corrected chi connectivity index (χ1v) is 12.9. The monoisotopic (exact) mass is 496 g/mol. The molecule has 0 atom stereocenters. The van der Waals surface area contributed by atoms with Gasteiger partial charge in [0.2, 0.25) is 10.0 Å². The number of sulfonamides is 1. The number of methoxy groups -OCH3 is 1. The van der Waals surface area contributed by atoms with Crippen LogP contribution in [-0.2, 0) is 27.8 Å². The third-order valence-electron chi connectivity index (χ3n) is 5.56. The Morgan fingerprint density at radius 1 is 1.06 bits per heavy atom.